The minimum absolute atomic E-state index is 0.266. The molecule has 3 rings (SSSR count). The lowest BCUT2D eigenvalue weighted by Gasteiger charge is -2.39. The molecule has 4 nitrogen and oxygen atoms in total. The second kappa shape index (κ2) is 4.48. The monoisotopic (exact) mass is 248 g/mol. The maximum atomic E-state index is 4.60. The molecule has 1 saturated carbocycles. The molecular formula is C14H24N4. The van der Waals surface area contributed by atoms with Gasteiger partial charge in [0.2, 0.25) is 0 Å². The number of aryl methyl sites for hydroxylation is 2. The Bertz CT molecular complexity index is 427. The summed E-state index contributed by atoms with van der Waals surface area (Å²) in [5.41, 5.74) is 2.68. The van der Waals surface area contributed by atoms with Crippen molar-refractivity contribution in [2.75, 3.05) is 17.2 Å². The smallest absolute Gasteiger partial charge is 0.148 e. The van der Waals surface area contributed by atoms with Crippen LogP contribution in [0.4, 0.5) is 11.5 Å². The van der Waals surface area contributed by atoms with E-state index < -0.39 is 0 Å². The third kappa shape index (κ3) is 1.88. The first-order chi connectivity index (χ1) is 8.74. The second-order valence-electron chi connectivity index (χ2n) is 5.82. The number of rotatable bonds is 1. The predicted molar refractivity (Wildman–Crippen MR) is 75.1 cm³/mol. The molecular weight excluding hydrogens is 224 g/mol. The van der Waals surface area contributed by atoms with Gasteiger partial charge in [0.1, 0.15) is 11.5 Å². The number of nitrogens with one attached hydrogen (secondary N) is 2. The molecule has 0 saturated heterocycles. The number of hydrogen-bond donors (Lipinski definition) is 2. The average molecular weight is 248 g/mol. The van der Waals surface area contributed by atoms with Gasteiger partial charge in [0.15, 0.2) is 0 Å². The highest BCUT2D eigenvalue weighted by Crippen LogP contribution is 2.38. The Kier molecular flexibility index (Phi) is 2.96. The molecule has 0 bridgehead atoms. The summed E-state index contributed by atoms with van der Waals surface area (Å²) in [5.74, 6) is 1.19. The predicted octanol–water partition coefficient (Wildman–Crippen LogP) is 2.91. The van der Waals surface area contributed by atoms with Crippen LogP contribution in [0.2, 0.25) is 0 Å². The first kappa shape index (κ1) is 11.9. The third-order valence-electron chi connectivity index (χ3n) is 4.50. The number of fused-ring (bicyclic) bond motifs is 1. The van der Waals surface area contributed by atoms with E-state index in [0.29, 0.717) is 0 Å². The van der Waals surface area contributed by atoms with Crippen molar-refractivity contribution in [2.45, 2.75) is 57.4 Å². The van der Waals surface area contributed by atoms with Gasteiger partial charge in [-0.1, -0.05) is 32.6 Å². The van der Waals surface area contributed by atoms with Crippen LogP contribution < -0.4 is 10.6 Å². The number of anilines is 2. The van der Waals surface area contributed by atoms with E-state index in [1.807, 2.05) is 11.7 Å². The molecule has 0 aromatic carbocycles. The van der Waals surface area contributed by atoms with E-state index in [0.717, 1.165) is 13.0 Å². The van der Waals surface area contributed by atoms with Crippen LogP contribution in [-0.4, -0.2) is 21.9 Å². The number of hydrogen-bond acceptors (Lipinski definition) is 3. The Hall–Kier alpha value is -1.19. The summed E-state index contributed by atoms with van der Waals surface area (Å²) in [5, 5.41) is 12.1. The van der Waals surface area contributed by atoms with Gasteiger partial charge >= 0.3 is 0 Å². The molecule has 1 aromatic rings. The fraction of sp³-hybridized carbons (Fsp3) is 0.786. The van der Waals surface area contributed by atoms with Crippen molar-refractivity contribution in [1.29, 1.82) is 0 Å². The van der Waals surface area contributed by atoms with Crippen LogP contribution in [0.3, 0.4) is 0 Å². The standard InChI is InChI=1S/C14H24N4/c1-3-11-12-13(18(2)17-11)16-14(10-15-12)8-6-4-5-7-9-14/h15-16H,3-10H2,1-2H3. The fourth-order valence-electron chi connectivity index (χ4n) is 3.42. The Morgan fingerprint density at radius 3 is 2.61 bits per heavy atom. The molecule has 4 heteroatoms. The lowest BCUT2D eigenvalue weighted by molar-refractivity contribution is 0.419. The van der Waals surface area contributed by atoms with Crippen molar-refractivity contribution < 1.29 is 0 Å². The molecule has 18 heavy (non-hydrogen) atoms. The number of nitrogens with zero attached hydrogens (tertiary/aromatic N) is 2. The summed E-state index contributed by atoms with van der Waals surface area (Å²) in [6, 6.07) is 0. The zero-order chi connectivity index (χ0) is 12.6. The fourth-order valence-corrected chi connectivity index (χ4v) is 3.42. The summed E-state index contributed by atoms with van der Waals surface area (Å²) in [7, 11) is 2.04. The van der Waals surface area contributed by atoms with Gasteiger partial charge in [-0.25, -0.2) is 0 Å². The van der Waals surface area contributed by atoms with Gasteiger partial charge < -0.3 is 10.6 Å². The zero-order valence-corrected chi connectivity index (χ0v) is 11.6. The van der Waals surface area contributed by atoms with E-state index in [-0.39, 0.29) is 5.54 Å². The van der Waals surface area contributed by atoms with Crippen LogP contribution in [0.15, 0.2) is 0 Å². The van der Waals surface area contributed by atoms with Crippen molar-refractivity contribution in [3.8, 4) is 0 Å². The van der Waals surface area contributed by atoms with Gasteiger partial charge in [-0.05, 0) is 19.3 Å². The quantitative estimate of drug-likeness (QED) is 0.803. The van der Waals surface area contributed by atoms with E-state index in [1.54, 1.807) is 0 Å². The first-order valence-electron chi connectivity index (χ1n) is 7.32. The minimum Gasteiger partial charge on any atom is -0.378 e. The van der Waals surface area contributed by atoms with E-state index in [9.17, 15) is 0 Å². The van der Waals surface area contributed by atoms with E-state index in [2.05, 4.69) is 22.7 Å². The Labute approximate surface area is 109 Å². The maximum Gasteiger partial charge on any atom is 0.148 e. The molecule has 1 aliphatic carbocycles. The summed E-state index contributed by atoms with van der Waals surface area (Å²) >= 11 is 0. The highest BCUT2D eigenvalue weighted by molar-refractivity contribution is 5.71. The Morgan fingerprint density at radius 2 is 1.94 bits per heavy atom. The van der Waals surface area contributed by atoms with Crippen LogP contribution in [0.1, 0.15) is 51.1 Å². The molecule has 2 aliphatic rings. The Morgan fingerprint density at radius 1 is 1.22 bits per heavy atom. The van der Waals surface area contributed by atoms with Gasteiger partial charge in [-0.15, -0.1) is 0 Å². The molecule has 0 radical (unpaired) electrons. The van der Waals surface area contributed by atoms with Crippen LogP contribution in [-0.2, 0) is 13.5 Å². The maximum absolute atomic E-state index is 4.60. The van der Waals surface area contributed by atoms with Crippen LogP contribution in [0.5, 0.6) is 0 Å². The van der Waals surface area contributed by atoms with Crippen molar-refractivity contribution >= 4 is 11.5 Å². The van der Waals surface area contributed by atoms with Crippen LogP contribution in [0, 0.1) is 0 Å². The van der Waals surface area contributed by atoms with E-state index >= 15 is 0 Å². The highest BCUT2D eigenvalue weighted by atomic mass is 15.4. The molecule has 1 fully saturated rings. The van der Waals surface area contributed by atoms with Crippen molar-refractivity contribution in [1.82, 2.24) is 9.78 Å². The Balaban J connectivity index is 1.89. The molecule has 0 amide bonds. The lowest BCUT2D eigenvalue weighted by atomic mass is 9.88. The second-order valence-corrected chi connectivity index (χ2v) is 5.82. The summed E-state index contributed by atoms with van der Waals surface area (Å²) < 4.78 is 2.01. The molecule has 1 aromatic heterocycles. The molecule has 2 heterocycles. The molecule has 100 valence electrons. The van der Waals surface area contributed by atoms with Gasteiger partial charge in [0, 0.05) is 13.6 Å². The van der Waals surface area contributed by atoms with Crippen molar-refractivity contribution in [2.24, 2.45) is 7.05 Å². The molecule has 0 atom stereocenters. The normalized spacial score (nSPS) is 21.9. The lowest BCUT2D eigenvalue weighted by Crippen LogP contribution is -2.47. The molecule has 0 unspecified atom stereocenters. The molecule has 1 spiro atoms. The van der Waals surface area contributed by atoms with Gasteiger partial charge in [0.25, 0.3) is 0 Å². The van der Waals surface area contributed by atoms with E-state index in [1.165, 1.54) is 55.7 Å². The number of aromatic nitrogens is 2. The molecule has 1 aliphatic heterocycles. The van der Waals surface area contributed by atoms with Gasteiger partial charge in [-0.3, -0.25) is 4.68 Å². The van der Waals surface area contributed by atoms with Crippen molar-refractivity contribution in [3.63, 3.8) is 0 Å². The SMILES string of the molecule is CCc1nn(C)c2c1NCC1(CCCCCC1)N2. The average Bonchev–Trinajstić information content (AvgIpc) is 2.56. The highest BCUT2D eigenvalue weighted by Gasteiger charge is 2.36. The molecule has 2 N–H and O–H groups in total. The topological polar surface area (TPSA) is 41.9 Å². The summed E-state index contributed by atoms with van der Waals surface area (Å²) in [6.45, 7) is 3.22. The third-order valence-corrected chi connectivity index (χ3v) is 4.50. The largest absolute Gasteiger partial charge is 0.378 e. The van der Waals surface area contributed by atoms with Crippen LogP contribution in [0.25, 0.3) is 0 Å². The van der Waals surface area contributed by atoms with Crippen LogP contribution >= 0.6 is 0 Å². The summed E-state index contributed by atoms with van der Waals surface area (Å²) in [4.78, 5) is 0. The van der Waals surface area contributed by atoms with Gasteiger partial charge in [0.05, 0.1) is 11.2 Å². The van der Waals surface area contributed by atoms with Gasteiger partial charge in [-0.2, -0.15) is 5.10 Å². The van der Waals surface area contributed by atoms with E-state index in [4.69, 9.17) is 0 Å². The zero-order valence-electron chi connectivity index (χ0n) is 11.6. The first-order valence-corrected chi connectivity index (χ1v) is 7.32. The van der Waals surface area contributed by atoms with Crippen molar-refractivity contribution in [3.05, 3.63) is 5.69 Å². The minimum atomic E-state index is 0.266. The summed E-state index contributed by atoms with van der Waals surface area (Å²) in [6.07, 6.45) is 9.04.